The summed E-state index contributed by atoms with van der Waals surface area (Å²) < 4.78 is 68.2. The number of esters is 1. The molecule has 9 heteroatoms. The number of alkyl halides is 3. The van der Waals surface area contributed by atoms with Crippen LogP contribution in [0.15, 0.2) is 42.2 Å². The van der Waals surface area contributed by atoms with Crippen LogP contribution in [0, 0.1) is 5.92 Å². The summed E-state index contributed by atoms with van der Waals surface area (Å²) in [5, 5.41) is 0. The molecule has 1 aromatic carbocycles. The minimum atomic E-state index is -5.72. The van der Waals surface area contributed by atoms with Gasteiger partial charge in [-0.1, -0.05) is 30.3 Å². The van der Waals surface area contributed by atoms with Crippen molar-refractivity contribution in [3.05, 3.63) is 47.7 Å². The Bertz CT molecular complexity index is 710. The van der Waals surface area contributed by atoms with E-state index in [1.807, 2.05) is 6.07 Å². The van der Waals surface area contributed by atoms with E-state index in [9.17, 15) is 26.4 Å². The molecule has 0 radical (unpaired) electrons. The topological polar surface area (TPSA) is 69.7 Å². The Morgan fingerprint density at radius 2 is 1.88 bits per heavy atom. The average molecular weight is 364 g/mol. The Labute approximate surface area is 137 Å². The van der Waals surface area contributed by atoms with Crippen molar-refractivity contribution in [3.63, 3.8) is 0 Å². The van der Waals surface area contributed by atoms with Gasteiger partial charge in [0.05, 0.1) is 5.92 Å². The van der Waals surface area contributed by atoms with Crippen molar-refractivity contribution in [2.24, 2.45) is 5.92 Å². The molecule has 0 aliphatic heterocycles. The van der Waals surface area contributed by atoms with Crippen LogP contribution in [0.4, 0.5) is 13.2 Å². The summed E-state index contributed by atoms with van der Waals surface area (Å²) in [6, 6.07) is 8.89. The van der Waals surface area contributed by atoms with E-state index in [0.29, 0.717) is 6.42 Å². The van der Waals surface area contributed by atoms with Crippen molar-refractivity contribution in [2.75, 3.05) is 0 Å². The first kappa shape index (κ1) is 18.3. The van der Waals surface area contributed by atoms with Gasteiger partial charge in [-0.2, -0.15) is 21.6 Å². The molecular formula is C15H15F3O5S. The third-order valence-electron chi connectivity index (χ3n) is 3.39. The molecule has 0 N–H and O–H groups in total. The highest BCUT2D eigenvalue weighted by Crippen LogP contribution is 2.32. The van der Waals surface area contributed by atoms with Crippen molar-refractivity contribution >= 4 is 16.1 Å². The predicted molar refractivity (Wildman–Crippen MR) is 77.7 cm³/mol. The Kier molecular flexibility index (Phi) is 5.53. The molecule has 0 aromatic heterocycles. The number of hydrogen-bond acceptors (Lipinski definition) is 5. The number of ether oxygens (including phenoxy) is 1. The fraction of sp³-hybridized carbons (Fsp3) is 0.400. The van der Waals surface area contributed by atoms with E-state index in [0.717, 1.165) is 5.56 Å². The quantitative estimate of drug-likeness (QED) is 0.456. The second kappa shape index (κ2) is 7.25. The molecule has 0 spiro atoms. The number of carbonyl (C=O) groups excluding carboxylic acids is 1. The van der Waals surface area contributed by atoms with Gasteiger partial charge in [0.1, 0.15) is 12.4 Å². The molecule has 0 saturated heterocycles. The number of benzene rings is 1. The molecule has 1 atom stereocenters. The molecule has 0 heterocycles. The first-order valence-corrected chi connectivity index (χ1v) is 8.50. The molecule has 24 heavy (non-hydrogen) atoms. The minimum Gasteiger partial charge on any atom is -0.461 e. The lowest BCUT2D eigenvalue weighted by Gasteiger charge is -2.21. The first-order chi connectivity index (χ1) is 11.2. The Balaban J connectivity index is 1.92. The van der Waals surface area contributed by atoms with Crippen LogP contribution in [-0.2, 0) is 30.4 Å². The molecule has 0 saturated carbocycles. The summed E-state index contributed by atoms with van der Waals surface area (Å²) in [5.41, 5.74) is -4.73. The molecule has 0 amide bonds. The Hall–Kier alpha value is -2.03. The molecule has 0 bridgehead atoms. The molecule has 1 unspecified atom stereocenters. The van der Waals surface area contributed by atoms with E-state index in [-0.39, 0.29) is 25.2 Å². The number of hydrogen-bond donors (Lipinski definition) is 0. The van der Waals surface area contributed by atoms with E-state index in [2.05, 4.69) is 4.18 Å². The predicted octanol–water partition coefficient (Wildman–Crippen LogP) is 3.28. The van der Waals surface area contributed by atoms with E-state index in [1.165, 1.54) is 6.08 Å². The number of halogens is 3. The summed E-state index contributed by atoms with van der Waals surface area (Å²) in [6.07, 6.45) is 1.58. The van der Waals surface area contributed by atoms with Gasteiger partial charge in [0.25, 0.3) is 0 Å². The molecule has 1 aromatic rings. The van der Waals surface area contributed by atoms with Crippen LogP contribution >= 0.6 is 0 Å². The highest BCUT2D eigenvalue weighted by atomic mass is 32.2. The maximum absolute atomic E-state index is 12.3. The van der Waals surface area contributed by atoms with Gasteiger partial charge in [0.2, 0.25) is 0 Å². The van der Waals surface area contributed by atoms with Gasteiger partial charge in [0, 0.05) is 6.42 Å². The van der Waals surface area contributed by atoms with Crippen LogP contribution in [-0.4, -0.2) is 19.9 Å². The van der Waals surface area contributed by atoms with Crippen molar-refractivity contribution < 1.29 is 35.3 Å². The zero-order valence-electron chi connectivity index (χ0n) is 12.5. The van der Waals surface area contributed by atoms with Gasteiger partial charge in [-0.3, -0.25) is 4.79 Å². The SMILES string of the molecule is O=C(OCc1ccccc1)C1CCC=C(OS(=O)(=O)C(F)(F)F)C1. The van der Waals surface area contributed by atoms with Crippen LogP contribution < -0.4 is 0 Å². The molecule has 1 aliphatic carbocycles. The zero-order valence-corrected chi connectivity index (χ0v) is 13.3. The first-order valence-electron chi connectivity index (χ1n) is 7.09. The van der Waals surface area contributed by atoms with Crippen LogP contribution in [0.3, 0.4) is 0 Å². The Morgan fingerprint density at radius 3 is 2.50 bits per heavy atom. The van der Waals surface area contributed by atoms with E-state index in [1.54, 1.807) is 24.3 Å². The molecular weight excluding hydrogens is 349 g/mol. The van der Waals surface area contributed by atoms with Gasteiger partial charge in [-0.15, -0.1) is 0 Å². The van der Waals surface area contributed by atoms with Crippen molar-refractivity contribution in [3.8, 4) is 0 Å². The highest BCUT2D eigenvalue weighted by Gasteiger charge is 2.49. The molecule has 0 fully saturated rings. The third-order valence-corrected chi connectivity index (χ3v) is 4.39. The minimum absolute atomic E-state index is 0.0386. The van der Waals surface area contributed by atoms with Crippen molar-refractivity contribution in [1.82, 2.24) is 0 Å². The lowest BCUT2D eigenvalue weighted by atomic mass is 9.93. The van der Waals surface area contributed by atoms with Gasteiger partial charge in [-0.25, -0.2) is 0 Å². The zero-order chi connectivity index (χ0) is 17.8. The Morgan fingerprint density at radius 1 is 1.21 bits per heavy atom. The lowest BCUT2D eigenvalue weighted by molar-refractivity contribution is -0.150. The van der Waals surface area contributed by atoms with Crippen LogP contribution in [0.25, 0.3) is 0 Å². The number of carbonyl (C=O) groups is 1. The second-order valence-corrected chi connectivity index (χ2v) is 6.76. The number of allylic oxidation sites excluding steroid dienone is 2. The number of rotatable bonds is 5. The summed E-state index contributed by atoms with van der Waals surface area (Å²) in [6.45, 7) is 0.0386. The maximum atomic E-state index is 12.3. The standard InChI is InChI=1S/C15H15F3O5S/c16-15(17,18)24(20,21)23-13-8-4-7-12(9-13)14(19)22-10-11-5-2-1-3-6-11/h1-3,5-6,8,12H,4,7,9-10H2. The molecule has 132 valence electrons. The second-order valence-electron chi connectivity index (χ2n) is 5.23. The van der Waals surface area contributed by atoms with Gasteiger partial charge >= 0.3 is 21.6 Å². The normalized spacial score (nSPS) is 18.6. The van der Waals surface area contributed by atoms with Crippen LogP contribution in [0.2, 0.25) is 0 Å². The molecule has 1 aliphatic rings. The summed E-state index contributed by atoms with van der Waals surface area (Å²) >= 11 is 0. The summed E-state index contributed by atoms with van der Waals surface area (Å²) in [5.74, 6) is -1.73. The molecule has 2 rings (SSSR count). The maximum Gasteiger partial charge on any atom is 0.534 e. The van der Waals surface area contributed by atoms with E-state index < -0.39 is 27.5 Å². The molecule has 5 nitrogen and oxygen atoms in total. The van der Waals surface area contributed by atoms with Gasteiger partial charge in [-0.05, 0) is 24.5 Å². The van der Waals surface area contributed by atoms with Crippen LogP contribution in [0.5, 0.6) is 0 Å². The fourth-order valence-corrected chi connectivity index (χ4v) is 2.69. The van der Waals surface area contributed by atoms with Crippen molar-refractivity contribution in [1.29, 1.82) is 0 Å². The summed E-state index contributed by atoms with van der Waals surface area (Å²) in [4.78, 5) is 12.0. The van der Waals surface area contributed by atoms with E-state index in [4.69, 9.17) is 4.74 Å². The average Bonchev–Trinajstić information content (AvgIpc) is 2.52. The van der Waals surface area contributed by atoms with Gasteiger partial charge < -0.3 is 8.92 Å². The summed E-state index contributed by atoms with van der Waals surface area (Å²) in [7, 11) is -5.72. The van der Waals surface area contributed by atoms with E-state index >= 15 is 0 Å². The van der Waals surface area contributed by atoms with Crippen molar-refractivity contribution in [2.45, 2.75) is 31.4 Å². The fourth-order valence-electron chi connectivity index (χ4n) is 2.18. The van der Waals surface area contributed by atoms with Crippen LogP contribution in [0.1, 0.15) is 24.8 Å². The largest absolute Gasteiger partial charge is 0.534 e. The third kappa shape index (κ3) is 4.73. The monoisotopic (exact) mass is 364 g/mol. The van der Waals surface area contributed by atoms with Gasteiger partial charge in [0.15, 0.2) is 0 Å². The smallest absolute Gasteiger partial charge is 0.461 e. The lowest BCUT2D eigenvalue weighted by Crippen LogP contribution is -2.27. The highest BCUT2D eigenvalue weighted by molar-refractivity contribution is 7.87.